The third-order valence-corrected chi connectivity index (χ3v) is 4.00. The van der Waals surface area contributed by atoms with Crippen molar-refractivity contribution in [2.45, 2.75) is 18.3 Å². The quantitative estimate of drug-likeness (QED) is 0.858. The number of carbonyl (C=O) groups excluding carboxylic acids is 2. The number of nitrogens with two attached hydrogens (primary N) is 1. The van der Waals surface area contributed by atoms with Gasteiger partial charge < -0.3 is 15.8 Å². The molecule has 1 aliphatic rings. The Morgan fingerprint density at radius 2 is 1.70 bits per heavy atom. The molecule has 2 aromatic rings. The van der Waals surface area contributed by atoms with E-state index in [-0.39, 0.29) is 12.5 Å². The predicted octanol–water partition coefficient (Wildman–Crippen LogP) is 2.22. The average molecular weight is 310 g/mol. The maximum absolute atomic E-state index is 12.6. The summed E-state index contributed by atoms with van der Waals surface area (Å²) in [6.45, 7) is -0.164. The van der Waals surface area contributed by atoms with E-state index >= 15 is 0 Å². The Balaban J connectivity index is 1.65. The lowest BCUT2D eigenvalue weighted by molar-refractivity contribution is -0.120. The largest absolute Gasteiger partial charge is 0.484 e. The lowest BCUT2D eigenvalue weighted by atomic mass is 9.95. The van der Waals surface area contributed by atoms with Crippen LogP contribution in [0.1, 0.15) is 18.4 Å². The third-order valence-electron chi connectivity index (χ3n) is 4.00. The second-order valence-electron chi connectivity index (χ2n) is 5.68. The van der Waals surface area contributed by atoms with Crippen molar-refractivity contribution in [3.05, 3.63) is 60.2 Å². The average Bonchev–Trinajstić information content (AvgIpc) is 3.37. The van der Waals surface area contributed by atoms with Crippen molar-refractivity contribution in [1.29, 1.82) is 0 Å². The fourth-order valence-corrected chi connectivity index (χ4v) is 2.57. The normalized spacial score (nSPS) is 14.8. The van der Waals surface area contributed by atoms with Crippen LogP contribution >= 0.6 is 0 Å². The number of carbonyl (C=O) groups is 2. The van der Waals surface area contributed by atoms with Gasteiger partial charge in [0, 0.05) is 5.69 Å². The molecule has 0 saturated heterocycles. The SMILES string of the molecule is NC(=O)COc1ccc(NC(=O)C2(c3ccccc3)CC2)cc1. The smallest absolute Gasteiger partial charge is 0.255 e. The molecule has 2 aromatic carbocycles. The van der Waals surface area contributed by atoms with Gasteiger partial charge in [-0.05, 0) is 42.7 Å². The van der Waals surface area contributed by atoms with E-state index in [2.05, 4.69) is 5.32 Å². The molecule has 3 rings (SSSR count). The number of anilines is 1. The summed E-state index contributed by atoms with van der Waals surface area (Å²) in [7, 11) is 0. The zero-order valence-electron chi connectivity index (χ0n) is 12.6. The highest BCUT2D eigenvalue weighted by atomic mass is 16.5. The van der Waals surface area contributed by atoms with E-state index in [0.29, 0.717) is 11.4 Å². The van der Waals surface area contributed by atoms with Gasteiger partial charge >= 0.3 is 0 Å². The summed E-state index contributed by atoms with van der Waals surface area (Å²) in [5.74, 6) is 0.0152. The number of hydrogen-bond donors (Lipinski definition) is 2. The molecule has 1 saturated carbocycles. The van der Waals surface area contributed by atoms with E-state index in [1.807, 2.05) is 30.3 Å². The minimum atomic E-state index is -0.527. The summed E-state index contributed by atoms with van der Waals surface area (Å²) in [5, 5.41) is 2.95. The van der Waals surface area contributed by atoms with E-state index in [9.17, 15) is 9.59 Å². The molecule has 5 heteroatoms. The van der Waals surface area contributed by atoms with E-state index in [1.54, 1.807) is 24.3 Å². The molecule has 118 valence electrons. The van der Waals surface area contributed by atoms with Gasteiger partial charge in [0.1, 0.15) is 5.75 Å². The minimum absolute atomic E-state index is 0.00880. The van der Waals surface area contributed by atoms with Gasteiger partial charge in [-0.2, -0.15) is 0 Å². The molecule has 0 spiro atoms. The summed E-state index contributed by atoms with van der Waals surface area (Å²) in [6, 6.07) is 16.7. The van der Waals surface area contributed by atoms with E-state index in [1.165, 1.54) is 0 Å². The molecule has 0 aromatic heterocycles. The van der Waals surface area contributed by atoms with E-state index in [0.717, 1.165) is 18.4 Å². The first-order valence-electron chi connectivity index (χ1n) is 7.48. The highest BCUT2D eigenvalue weighted by Crippen LogP contribution is 2.48. The third kappa shape index (κ3) is 3.34. The molecule has 0 atom stereocenters. The number of ether oxygens (including phenoxy) is 1. The first-order chi connectivity index (χ1) is 11.1. The molecule has 0 heterocycles. The predicted molar refractivity (Wildman–Crippen MR) is 87.1 cm³/mol. The molecule has 23 heavy (non-hydrogen) atoms. The van der Waals surface area contributed by atoms with Crippen molar-refractivity contribution >= 4 is 17.5 Å². The van der Waals surface area contributed by atoms with Gasteiger partial charge in [0.15, 0.2) is 6.61 Å². The molecule has 1 aliphatic carbocycles. The van der Waals surface area contributed by atoms with Crippen molar-refractivity contribution in [2.75, 3.05) is 11.9 Å². The molecular weight excluding hydrogens is 292 g/mol. The summed E-state index contributed by atoms with van der Waals surface area (Å²) in [6.07, 6.45) is 1.73. The summed E-state index contributed by atoms with van der Waals surface area (Å²) >= 11 is 0. The fourth-order valence-electron chi connectivity index (χ4n) is 2.57. The van der Waals surface area contributed by atoms with Gasteiger partial charge in [0.2, 0.25) is 5.91 Å². The van der Waals surface area contributed by atoms with E-state index < -0.39 is 11.3 Å². The second kappa shape index (κ2) is 6.12. The number of rotatable bonds is 6. The Morgan fingerprint density at radius 1 is 1.04 bits per heavy atom. The van der Waals surface area contributed by atoms with Crippen LogP contribution in [0.3, 0.4) is 0 Å². The van der Waals surface area contributed by atoms with Gasteiger partial charge in [-0.15, -0.1) is 0 Å². The first-order valence-corrected chi connectivity index (χ1v) is 7.48. The zero-order valence-corrected chi connectivity index (χ0v) is 12.6. The number of benzene rings is 2. The molecule has 0 radical (unpaired) electrons. The van der Waals surface area contributed by atoms with Crippen LogP contribution in [0.15, 0.2) is 54.6 Å². The number of nitrogens with one attached hydrogen (secondary N) is 1. The first kappa shape index (κ1) is 15.1. The van der Waals surface area contributed by atoms with Crippen molar-refractivity contribution in [1.82, 2.24) is 0 Å². The topological polar surface area (TPSA) is 81.4 Å². The molecule has 0 bridgehead atoms. The van der Waals surface area contributed by atoms with Crippen LogP contribution in [0, 0.1) is 0 Å². The second-order valence-corrected chi connectivity index (χ2v) is 5.68. The van der Waals surface area contributed by atoms with Crippen LogP contribution in [-0.4, -0.2) is 18.4 Å². The van der Waals surface area contributed by atoms with Crippen molar-refractivity contribution in [3.8, 4) is 5.75 Å². The monoisotopic (exact) mass is 310 g/mol. The zero-order chi connectivity index (χ0) is 16.3. The van der Waals surface area contributed by atoms with Gasteiger partial charge in [-0.3, -0.25) is 9.59 Å². The summed E-state index contributed by atoms with van der Waals surface area (Å²) < 4.78 is 5.19. The van der Waals surface area contributed by atoms with Crippen LogP contribution < -0.4 is 15.8 Å². The number of primary amides is 1. The Kier molecular flexibility index (Phi) is 4.02. The van der Waals surface area contributed by atoms with Crippen LogP contribution in [0.25, 0.3) is 0 Å². The van der Waals surface area contributed by atoms with Gasteiger partial charge in [-0.25, -0.2) is 0 Å². The lowest BCUT2D eigenvalue weighted by Gasteiger charge is -2.16. The van der Waals surface area contributed by atoms with Crippen LogP contribution in [0.2, 0.25) is 0 Å². The minimum Gasteiger partial charge on any atom is -0.484 e. The Hall–Kier alpha value is -2.82. The lowest BCUT2D eigenvalue weighted by Crippen LogP contribution is -2.27. The molecule has 1 fully saturated rings. The Bertz CT molecular complexity index is 707. The van der Waals surface area contributed by atoms with Crippen LogP contribution in [0.5, 0.6) is 5.75 Å². The molecule has 0 unspecified atom stereocenters. The maximum atomic E-state index is 12.6. The van der Waals surface area contributed by atoms with Crippen molar-refractivity contribution in [3.63, 3.8) is 0 Å². The van der Waals surface area contributed by atoms with E-state index in [4.69, 9.17) is 10.5 Å². The van der Waals surface area contributed by atoms with Gasteiger partial charge in [-0.1, -0.05) is 30.3 Å². The highest BCUT2D eigenvalue weighted by Gasteiger charge is 2.51. The summed E-state index contributed by atoms with van der Waals surface area (Å²) in [5.41, 5.74) is 6.38. The molecule has 0 aliphatic heterocycles. The Morgan fingerprint density at radius 3 is 2.26 bits per heavy atom. The van der Waals surface area contributed by atoms with Crippen molar-refractivity contribution < 1.29 is 14.3 Å². The molecule has 5 nitrogen and oxygen atoms in total. The van der Waals surface area contributed by atoms with Crippen LogP contribution in [-0.2, 0) is 15.0 Å². The number of hydrogen-bond acceptors (Lipinski definition) is 3. The standard InChI is InChI=1S/C18H18N2O3/c19-16(21)12-23-15-8-6-14(7-9-15)20-17(22)18(10-11-18)13-4-2-1-3-5-13/h1-9H,10-12H2,(H2,19,21)(H,20,22). The van der Waals surface area contributed by atoms with Gasteiger partial charge in [0.25, 0.3) is 5.91 Å². The summed E-state index contributed by atoms with van der Waals surface area (Å²) in [4.78, 5) is 23.3. The number of amides is 2. The molecule has 3 N–H and O–H groups in total. The van der Waals surface area contributed by atoms with Crippen molar-refractivity contribution in [2.24, 2.45) is 5.73 Å². The molecular formula is C18H18N2O3. The fraction of sp³-hybridized carbons (Fsp3) is 0.222. The molecule has 2 amide bonds. The van der Waals surface area contributed by atoms with Crippen LogP contribution in [0.4, 0.5) is 5.69 Å². The van der Waals surface area contributed by atoms with Gasteiger partial charge in [0.05, 0.1) is 5.41 Å². The highest BCUT2D eigenvalue weighted by molar-refractivity contribution is 6.01. The maximum Gasteiger partial charge on any atom is 0.255 e. The Labute approximate surface area is 134 Å².